The number of carbonyl (C=O) groups excluding carboxylic acids is 1. The topological polar surface area (TPSA) is 229 Å². The van der Waals surface area contributed by atoms with Crippen LogP contribution in [0.3, 0.4) is 0 Å². The Morgan fingerprint density at radius 2 is 0.557 bits per heavy atom. The highest BCUT2D eigenvalue weighted by Gasteiger charge is 2.52. The van der Waals surface area contributed by atoms with E-state index in [1.165, 1.54) is 0 Å². The first-order valence-corrected chi connectivity index (χ1v) is 44.5. The van der Waals surface area contributed by atoms with Crippen molar-refractivity contribution >= 4 is 66.6 Å². The van der Waals surface area contributed by atoms with Gasteiger partial charge in [0.15, 0.2) is 0 Å². The van der Waals surface area contributed by atoms with Crippen LogP contribution in [-0.4, -0.2) is 256 Å². The smallest absolute Gasteiger partial charge is 0.463 e. The number of ether oxygens (including phenoxy) is 10. The molecular formula is C48H108O24Si7. The molecule has 0 atom stereocenters. The lowest BCUT2D eigenvalue weighted by Gasteiger charge is -2.47. The van der Waals surface area contributed by atoms with Gasteiger partial charge in [0.2, 0.25) is 0 Å². The van der Waals surface area contributed by atoms with Gasteiger partial charge < -0.3 is 104 Å². The summed E-state index contributed by atoms with van der Waals surface area (Å²) in [6, 6.07) is 2.37. The van der Waals surface area contributed by atoms with Gasteiger partial charge in [-0.1, -0.05) is 0 Å². The van der Waals surface area contributed by atoms with E-state index < -0.39 is 66.1 Å². The van der Waals surface area contributed by atoms with Crippen LogP contribution in [0.1, 0.15) is 44.9 Å². The molecule has 1 heterocycles. The first-order valence-electron chi connectivity index (χ1n) is 27.8. The molecule has 0 aromatic carbocycles. The summed E-state index contributed by atoms with van der Waals surface area (Å²) in [5, 5.41) is 0. The van der Waals surface area contributed by atoms with Crippen molar-refractivity contribution in [3.05, 3.63) is 0 Å². The Morgan fingerprint density at radius 1 is 0.329 bits per heavy atom. The number of rotatable bonds is 53. The summed E-state index contributed by atoms with van der Waals surface area (Å²) >= 11 is 0. The normalized spacial score (nSPS) is 16.8. The summed E-state index contributed by atoms with van der Waals surface area (Å²) < 4.78 is 134. The van der Waals surface area contributed by atoms with Crippen LogP contribution < -0.4 is 0 Å². The van der Waals surface area contributed by atoms with Gasteiger partial charge in [-0.25, -0.2) is 0 Å². The van der Waals surface area contributed by atoms with Gasteiger partial charge in [0, 0.05) is 88.7 Å². The van der Waals surface area contributed by atoms with Gasteiger partial charge in [0.05, 0.1) is 118 Å². The molecule has 1 saturated heterocycles. The lowest BCUT2D eigenvalue weighted by atomic mass is 9.75. The van der Waals surface area contributed by atoms with Crippen molar-refractivity contribution in [1.82, 2.24) is 0 Å². The predicted molar refractivity (Wildman–Crippen MR) is 311 cm³/mol. The van der Waals surface area contributed by atoms with Crippen LogP contribution in [0, 0.1) is 5.41 Å². The van der Waals surface area contributed by atoms with E-state index in [0.29, 0.717) is 169 Å². The van der Waals surface area contributed by atoms with Crippen molar-refractivity contribution in [1.29, 1.82) is 0 Å². The molecule has 0 bridgehead atoms. The van der Waals surface area contributed by atoms with E-state index in [1.54, 1.807) is 64.0 Å². The molecule has 1 aliphatic heterocycles. The highest BCUT2D eigenvalue weighted by atomic mass is 28.5. The third-order valence-corrected chi connectivity index (χ3v) is 37.9. The first kappa shape index (κ1) is 77.1. The van der Waals surface area contributed by atoms with Crippen LogP contribution in [0.2, 0.25) is 70.0 Å². The molecule has 0 radical (unpaired) electrons. The van der Waals surface area contributed by atoms with Gasteiger partial charge in [-0.2, -0.15) is 0 Å². The molecule has 0 saturated carbocycles. The number of hydrogen-bond donors (Lipinski definition) is 0. The molecule has 31 heteroatoms. The fraction of sp³-hybridized carbons (Fsp3) is 0.979. The molecule has 0 N–H and O–H groups in total. The Labute approximate surface area is 482 Å². The van der Waals surface area contributed by atoms with Crippen LogP contribution in [0.5, 0.6) is 0 Å². The molecule has 0 unspecified atom stereocenters. The molecule has 0 aromatic rings. The van der Waals surface area contributed by atoms with Crippen molar-refractivity contribution in [2.75, 3.05) is 190 Å². The molecule has 79 heavy (non-hydrogen) atoms. The number of esters is 1. The molecular weight excluding hydrogens is 1160 g/mol. The van der Waals surface area contributed by atoms with Crippen molar-refractivity contribution in [2.45, 2.75) is 115 Å². The SMILES string of the molecule is CO[Si](CCCC(CCC[Si](OC)(OC)OC)(CCC[Si](OC)(OC)OC)C(=O)OCCOCCOCCOCCOCCOCCOCCOCCOCCOCCC[Si]1(C)O[Si](C)(C)O[Si](C)(C)O[Si](C)(C)O1)(OC)OC. The number of carbonyl (C=O) groups is 1. The quantitative estimate of drug-likeness (QED) is 0.0370. The van der Waals surface area contributed by atoms with E-state index in [4.69, 9.17) is 104 Å². The summed E-state index contributed by atoms with van der Waals surface area (Å²) in [5.41, 5.74) is -0.889. The van der Waals surface area contributed by atoms with Crippen molar-refractivity contribution in [3.63, 3.8) is 0 Å². The van der Waals surface area contributed by atoms with Gasteiger partial charge in [0.25, 0.3) is 0 Å². The van der Waals surface area contributed by atoms with Gasteiger partial charge in [-0.05, 0) is 96.8 Å². The largest absolute Gasteiger partial charge is 0.500 e. The zero-order valence-electron chi connectivity index (χ0n) is 51.5. The fourth-order valence-electron chi connectivity index (χ4n) is 9.39. The van der Waals surface area contributed by atoms with Crippen molar-refractivity contribution in [2.24, 2.45) is 5.41 Å². The minimum Gasteiger partial charge on any atom is -0.463 e. The molecule has 1 aliphatic rings. The lowest BCUT2D eigenvalue weighted by molar-refractivity contribution is -0.159. The molecule has 24 nitrogen and oxygen atoms in total. The first-order chi connectivity index (χ1) is 37.6. The third-order valence-electron chi connectivity index (χ3n) is 12.9. The van der Waals surface area contributed by atoms with E-state index in [-0.39, 0.29) is 19.2 Å². The average Bonchev–Trinajstić information content (AvgIpc) is 3.44. The minimum atomic E-state index is -2.91. The maximum Gasteiger partial charge on any atom is 0.500 e. The third kappa shape index (κ3) is 33.6. The zero-order valence-corrected chi connectivity index (χ0v) is 58.5. The lowest BCUT2D eigenvalue weighted by Crippen LogP contribution is -2.65. The maximum absolute atomic E-state index is 14.3. The summed E-state index contributed by atoms with van der Waals surface area (Å²) in [6.45, 7) is 22.7. The van der Waals surface area contributed by atoms with Crippen molar-refractivity contribution < 1.29 is 108 Å². The monoisotopic (exact) mass is 1260 g/mol. The van der Waals surface area contributed by atoms with E-state index in [9.17, 15) is 4.79 Å². The van der Waals surface area contributed by atoms with Gasteiger partial charge >= 0.3 is 66.6 Å². The Bertz CT molecular complexity index is 1390. The average molecular weight is 1270 g/mol. The summed E-state index contributed by atoms with van der Waals surface area (Å²) in [6.07, 6.45) is 4.10. The molecule has 0 aliphatic carbocycles. The molecule has 0 aromatic heterocycles. The van der Waals surface area contributed by atoms with Crippen LogP contribution in [-0.2, 0) is 108 Å². The van der Waals surface area contributed by atoms with Gasteiger partial charge in [0.1, 0.15) is 6.61 Å². The Hall–Kier alpha value is 0.108. The van der Waals surface area contributed by atoms with E-state index >= 15 is 0 Å². The molecule has 0 spiro atoms. The zero-order chi connectivity index (χ0) is 59.1. The van der Waals surface area contributed by atoms with Crippen LogP contribution in [0.4, 0.5) is 0 Å². The number of hydrogen-bond acceptors (Lipinski definition) is 24. The van der Waals surface area contributed by atoms with Gasteiger partial charge in [-0.3, -0.25) is 4.79 Å². The van der Waals surface area contributed by atoms with Gasteiger partial charge in [-0.15, -0.1) is 0 Å². The standard InChI is InChI=1S/C48H108O24Si7/c1-50-77(51-2,52-3)44-17-21-48(22-18-45-78(53-4,54-5)55-6,23-19-46-79(56-7,57-8)58-9)47(49)68-42-41-67-40-39-66-38-37-65-36-35-64-34-33-63-32-31-62-30-29-61-28-27-60-26-25-59-24-20-43-76(16)71-74(12,13)69-73(10,11)70-75(14,15)72-76/h17-46H2,1-16H3. The molecule has 1 fully saturated rings. The molecule has 1 rings (SSSR count). The van der Waals surface area contributed by atoms with Crippen LogP contribution in [0.15, 0.2) is 0 Å². The second-order valence-corrected chi connectivity index (χ2v) is 43.9. The Kier molecular flexibility index (Phi) is 41.8. The summed E-state index contributed by atoms with van der Waals surface area (Å²) in [4.78, 5) is 14.3. The maximum atomic E-state index is 14.3. The second kappa shape index (κ2) is 42.8. The highest BCUT2D eigenvalue weighted by molar-refractivity contribution is 6.93. The summed E-state index contributed by atoms with van der Waals surface area (Å²) in [5.74, 6) is -0.320. The predicted octanol–water partition coefficient (Wildman–Crippen LogP) is 6.29. The van der Waals surface area contributed by atoms with Crippen molar-refractivity contribution in [3.8, 4) is 0 Å². The summed E-state index contributed by atoms with van der Waals surface area (Å²) in [7, 11) is -4.04. The van der Waals surface area contributed by atoms with Crippen LogP contribution in [0.25, 0.3) is 0 Å². The highest BCUT2D eigenvalue weighted by Crippen LogP contribution is 2.41. The van der Waals surface area contributed by atoms with E-state index in [1.807, 2.05) is 0 Å². The molecule has 0 amide bonds. The molecule has 472 valence electrons. The fourth-order valence-corrected chi connectivity index (χ4v) is 36.1. The van der Waals surface area contributed by atoms with E-state index in [2.05, 4.69) is 45.8 Å². The Morgan fingerprint density at radius 3 is 0.810 bits per heavy atom. The van der Waals surface area contributed by atoms with Crippen LogP contribution >= 0.6 is 0 Å². The van der Waals surface area contributed by atoms with E-state index in [0.717, 1.165) is 12.5 Å². The Balaban J connectivity index is 2.20. The minimum absolute atomic E-state index is 0.0743. The second-order valence-electron chi connectivity index (χ2n) is 20.2.